The van der Waals surface area contributed by atoms with Gasteiger partial charge >= 0.3 is 0 Å². The maximum Gasteiger partial charge on any atom is 0.257 e. The highest BCUT2D eigenvalue weighted by molar-refractivity contribution is 6.01. The van der Waals surface area contributed by atoms with Crippen molar-refractivity contribution in [2.75, 3.05) is 6.54 Å². The van der Waals surface area contributed by atoms with Crippen LogP contribution in [0.3, 0.4) is 0 Å². The van der Waals surface area contributed by atoms with Crippen LogP contribution in [0.25, 0.3) is 0 Å². The average molecular weight is 418 g/mol. The van der Waals surface area contributed by atoms with Gasteiger partial charge in [-0.15, -0.1) is 0 Å². The van der Waals surface area contributed by atoms with Crippen LogP contribution < -0.4 is 16.2 Å². The van der Waals surface area contributed by atoms with Crippen LogP contribution in [0.4, 0.5) is 8.78 Å². The summed E-state index contributed by atoms with van der Waals surface area (Å²) in [5.74, 6) is -2.93. The van der Waals surface area contributed by atoms with Crippen molar-refractivity contribution in [3.8, 4) is 0 Å². The van der Waals surface area contributed by atoms with E-state index in [0.29, 0.717) is 5.57 Å². The first-order valence-electron chi connectivity index (χ1n) is 9.91. The van der Waals surface area contributed by atoms with Crippen LogP contribution >= 0.6 is 0 Å². The number of rotatable bonds is 3. The summed E-state index contributed by atoms with van der Waals surface area (Å²) in [6.07, 6.45) is 1.52. The monoisotopic (exact) mass is 418 g/mol. The fourth-order valence-corrected chi connectivity index (χ4v) is 3.84. The Balaban J connectivity index is 2.13. The lowest BCUT2D eigenvalue weighted by Crippen LogP contribution is -2.45. The summed E-state index contributed by atoms with van der Waals surface area (Å²) in [6.45, 7) is 11.8. The number of nitrogens with zero attached hydrogens (tertiary/aromatic N) is 1. The molecule has 0 saturated heterocycles. The molecular formula is C22H28F2N4O2. The van der Waals surface area contributed by atoms with E-state index >= 15 is 0 Å². The van der Waals surface area contributed by atoms with E-state index in [2.05, 4.69) is 16.2 Å². The normalized spacial score (nSPS) is 19.8. The molecule has 6 nitrogen and oxygen atoms in total. The Bertz CT molecular complexity index is 964. The second-order valence-corrected chi connectivity index (χ2v) is 9.24. The molecule has 8 heteroatoms. The Morgan fingerprint density at radius 2 is 1.80 bits per heavy atom. The molecule has 2 amide bonds. The summed E-state index contributed by atoms with van der Waals surface area (Å²) >= 11 is 0. The van der Waals surface area contributed by atoms with Gasteiger partial charge in [0.15, 0.2) is 11.6 Å². The fraction of sp³-hybridized carbons (Fsp3) is 0.455. The van der Waals surface area contributed by atoms with E-state index in [1.807, 2.05) is 41.5 Å². The number of carbonyl (C=O) groups is 2. The molecule has 2 aliphatic heterocycles. The van der Waals surface area contributed by atoms with Crippen LogP contribution in [0.5, 0.6) is 0 Å². The average Bonchev–Trinajstić information content (AvgIpc) is 2.88. The number of hydrogen-bond donors (Lipinski definition) is 3. The minimum atomic E-state index is -1.09. The minimum absolute atomic E-state index is 0.0111. The number of nitrogens with one attached hydrogen (secondary N) is 3. The predicted molar refractivity (Wildman–Crippen MR) is 110 cm³/mol. The topological polar surface area (TPSA) is 73.5 Å². The van der Waals surface area contributed by atoms with Crippen molar-refractivity contribution in [2.24, 2.45) is 5.41 Å². The standard InChI is InChI=1S/C22H28F2N4O2/c1-12(2)25-19(29)14-10-28(20(30)13-7-8-15(23)16(24)9-13)11-21(3,4)18-17(14)22(5,6)27-26-18/h7-10,12,26-27H,11H2,1-6H3,(H,25,29). The summed E-state index contributed by atoms with van der Waals surface area (Å²) in [4.78, 5) is 27.7. The van der Waals surface area contributed by atoms with Gasteiger partial charge in [0.1, 0.15) is 0 Å². The zero-order valence-corrected chi connectivity index (χ0v) is 18.1. The molecule has 3 N–H and O–H groups in total. The smallest absolute Gasteiger partial charge is 0.257 e. The van der Waals surface area contributed by atoms with Crippen molar-refractivity contribution in [3.05, 3.63) is 58.4 Å². The Labute approximate surface area is 175 Å². The third-order valence-corrected chi connectivity index (χ3v) is 5.26. The van der Waals surface area contributed by atoms with Crippen molar-refractivity contribution in [3.63, 3.8) is 0 Å². The van der Waals surface area contributed by atoms with Crippen LogP contribution in [-0.2, 0) is 4.79 Å². The highest BCUT2D eigenvalue weighted by atomic mass is 19.2. The van der Waals surface area contributed by atoms with Gasteiger partial charge in [-0.1, -0.05) is 13.8 Å². The number of hydrazine groups is 1. The van der Waals surface area contributed by atoms with Crippen molar-refractivity contribution in [1.29, 1.82) is 0 Å². The molecule has 0 bridgehead atoms. The Hall–Kier alpha value is -2.74. The van der Waals surface area contributed by atoms with Gasteiger partial charge in [-0.25, -0.2) is 14.2 Å². The molecule has 0 aromatic heterocycles. The summed E-state index contributed by atoms with van der Waals surface area (Å²) < 4.78 is 27.1. The van der Waals surface area contributed by atoms with E-state index in [1.54, 1.807) is 0 Å². The maximum atomic E-state index is 13.7. The molecule has 0 spiro atoms. The molecule has 1 aromatic rings. The molecule has 2 aliphatic rings. The van der Waals surface area contributed by atoms with Gasteiger partial charge in [0.2, 0.25) is 0 Å². The van der Waals surface area contributed by atoms with Crippen molar-refractivity contribution >= 4 is 11.8 Å². The van der Waals surface area contributed by atoms with Gasteiger partial charge < -0.3 is 15.6 Å². The van der Waals surface area contributed by atoms with E-state index in [0.717, 1.165) is 23.4 Å². The SMILES string of the molecule is CC(C)NC(=O)C1=CN(C(=O)c2ccc(F)c(F)c2)CC(C)(C)C2=C1C(C)(C)NN2. The molecule has 0 aliphatic carbocycles. The quantitative estimate of drug-likeness (QED) is 0.706. The van der Waals surface area contributed by atoms with E-state index in [9.17, 15) is 18.4 Å². The first-order chi connectivity index (χ1) is 13.8. The van der Waals surface area contributed by atoms with Crippen LogP contribution in [-0.4, -0.2) is 34.8 Å². The molecule has 162 valence electrons. The van der Waals surface area contributed by atoms with E-state index < -0.39 is 28.5 Å². The van der Waals surface area contributed by atoms with E-state index in [-0.39, 0.29) is 24.1 Å². The third kappa shape index (κ3) is 3.96. The second kappa shape index (κ2) is 7.50. The van der Waals surface area contributed by atoms with E-state index in [4.69, 9.17) is 0 Å². The van der Waals surface area contributed by atoms with Crippen molar-refractivity contribution < 1.29 is 18.4 Å². The van der Waals surface area contributed by atoms with Crippen LogP contribution in [0.15, 0.2) is 41.2 Å². The Morgan fingerprint density at radius 3 is 2.40 bits per heavy atom. The van der Waals surface area contributed by atoms with Crippen molar-refractivity contribution in [2.45, 2.75) is 53.1 Å². The molecule has 3 rings (SSSR count). The van der Waals surface area contributed by atoms with Gasteiger partial charge in [0, 0.05) is 41.0 Å². The highest BCUT2D eigenvalue weighted by Crippen LogP contribution is 2.41. The first kappa shape index (κ1) is 22.0. The summed E-state index contributed by atoms with van der Waals surface area (Å²) in [6, 6.07) is 2.95. The highest BCUT2D eigenvalue weighted by Gasteiger charge is 2.45. The fourth-order valence-electron chi connectivity index (χ4n) is 3.84. The summed E-state index contributed by atoms with van der Waals surface area (Å²) in [5.41, 5.74) is 7.25. The van der Waals surface area contributed by atoms with Gasteiger partial charge in [-0.05, 0) is 45.9 Å². The minimum Gasteiger partial charge on any atom is -0.350 e. The maximum absolute atomic E-state index is 13.7. The van der Waals surface area contributed by atoms with Crippen LogP contribution in [0, 0.1) is 17.0 Å². The van der Waals surface area contributed by atoms with Crippen molar-refractivity contribution in [1.82, 2.24) is 21.1 Å². The molecule has 0 saturated carbocycles. The Kier molecular flexibility index (Phi) is 5.49. The summed E-state index contributed by atoms with van der Waals surface area (Å²) in [5, 5.41) is 2.89. The van der Waals surface area contributed by atoms with Crippen LogP contribution in [0.1, 0.15) is 51.9 Å². The number of halogens is 2. The van der Waals surface area contributed by atoms with Gasteiger partial charge in [0.25, 0.3) is 11.8 Å². The van der Waals surface area contributed by atoms with Gasteiger partial charge in [-0.3, -0.25) is 9.59 Å². The number of hydrogen-bond acceptors (Lipinski definition) is 4. The first-order valence-corrected chi connectivity index (χ1v) is 9.91. The van der Waals surface area contributed by atoms with Crippen LogP contribution in [0.2, 0.25) is 0 Å². The molecule has 0 atom stereocenters. The molecule has 2 heterocycles. The predicted octanol–water partition coefficient (Wildman–Crippen LogP) is 3.00. The lowest BCUT2D eigenvalue weighted by molar-refractivity contribution is -0.117. The molecule has 0 fully saturated rings. The lowest BCUT2D eigenvalue weighted by atomic mass is 9.80. The molecular weight excluding hydrogens is 390 g/mol. The second-order valence-electron chi connectivity index (χ2n) is 9.24. The molecule has 30 heavy (non-hydrogen) atoms. The zero-order valence-electron chi connectivity index (χ0n) is 18.1. The van der Waals surface area contributed by atoms with Gasteiger partial charge in [-0.2, -0.15) is 0 Å². The molecule has 1 aromatic carbocycles. The van der Waals surface area contributed by atoms with Gasteiger partial charge in [0.05, 0.1) is 11.1 Å². The summed E-state index contributed by atoms with van der Waals surface area (Å²) in [7, 11) is 0. The number of amides is 2. The number of benzene rings is 1. The molecule has 0 radical (unpaired) electrons. The lowest BCUT2D eigenvalue weighted by Gasteiger charge is -2.31. The molecule has 0 unspecified atom stereocenters. The number of carbonyl (C=O) groups excluding carboxylic acids is 2. The third-order valence-electron chi connectivity index (χ3n) is 5.26. The largest absolute Gasteiger partial charge is 0.350 e. The zero-order chi connectivity index (χ0) is 22.4. The van der Waals surface area contributed by atoms with E-state index in [1.165, 1.54) is 17.2 Å². The Morgan fingerprint density at radius 1 is 1.13 bits per heavy atom.